The first-order valence-corrected chi connectivity index (χ1v) is 22.6. The van der Waals surface area contributed by atoms with E-state index >= 15 is 0 Å². The molecule has 3 nitrogen and oxygen atoms in total. The van der Waals surface area contributed by atoms with Crippen molar-refractivity contribution in [1.82, 2.24) is 15.0 Å². The van der Waals surface area contributed by atoms with Gasteiger partial charge in [0.15, 0.2) is 17.5 Å². The minimum absolute atomic E-state index is 0.0967. The van der Waals surface area contributed by atoms with Crippen LogP contribution >= 0.6 is 0 Å². The van der Waals surface area contributed by atoms with Crippen LogP contribution in [0.4, 0.5) is 0 Å². The number of hydrogen-bond donors (Lipinski definition) is 0. The molecule has 0 atom stereocenters. The number of benzene rings is 7. The Morgan fingerprint density at radius 1 is 0.364 bits per heavy atom. The molecule has 8 aromatic rings. The van der Waals surface area contributed by atoms with E-state index in [2.05, 4.69) is 167 Å². The molecule has 0 saturated heterocycles. The Morgan fingerprint density at radius 3 is 1.38 bits per heavy atom. The van der Waals surface area contributed by atoms with E-state index in [1.807, 2.05) is 36.4 Å². The third-order valence-electron chi connectivity index (χ3n) is 11.1. The van der Waals surface area contributed by atoms with Gasteiger partial charge in [-0.1, -0.05) is 202 Å². The van der Waals surface area contributed by atoms with Crippen molar-refractivity contribution in [1.29, 1.82) is 0 Å². The van der Waals surface area contributed by atoms with E-state index in [0.717, 1.165) is 27.8 Å². The third kappa shape index (κ3) is 6.43. The minimum atomic E-state index is -1.45. The lowest BCUT2D eigenvalue weighted by Gasteiger charge is -2.26. The van der Waals surface area contributed by atoms with Crippen LogP contribution in [0, 0.1) is 0 Å². The largest absolute Gasteiger partial charge is 0.208 e. The van der Waals surface area contributed by atoms with Crippen LogP contribution in [0.15, 0.2) is 170 Å². The van der Waals surface area contributed by atoms with E-state index in [1.165, 1.54) is 49.7 Å². The Balaban J connectivity index is 1.05. The smallest absolute Gasteiger partial charge is 0.164 e. The van der Waals surface area contributed by atoms with Crippen molar-refractivity contribution in [3.8, 4) is 78.7 Å². The summed E-state index contributed by atoms with van der Waals surface area (Å²) >= 11 is 0. The van der Waals surface area contributed by atoms with Crippen molar-refractivity contribution in [3.63, 3.8) is 0 Å². The molecule has 7 aromatic carbocycles. The number of hydrogen-bond acceptors (Lipinski definition) is 3. The molecule has 0 amide bonds. The van der Waals surface area contributed by atoms with Crippen LogP contribution in [0.25, 0.3) is 78.7 Å². The van der Waals surface area contributed by atoms with Crippen molar-refractivity contribution < 1.29 is 0 Å². The summed E-state index contributed by atoms with van der Waals surface area (Å²) in [7, 11) is -1.45. The molecule has 0 spiro atoms. The second-order valence-electron chi connectivity index (χ2n) is 16.1. The summed E-state index contributed by atoms with van der Waals surface area (Å²) in [6.07, 6.45) is 0. The van der Waals surface area contributed by atoms with Crippen LogP contribution in [-0.2, 0) is 5.41 Å². The van der Waals surface area contributed by atoms with Crippen LogP contribution in [0.1, 0.15) is 25.0 Å². The average molecular weight is 726 g/mol. The van der Waals surface area contributed by atoms with E-state index in [9.17, 15) is 0 Å². The Morgan fingerprint density at radius 2 is 0.800 bits per heavy atom. The van der Waals surface area contributed by atoms with Gasteiger partial charge in [0.2, 0.25) is 0 Å². The van der Waals surface area contributed by atoms with Crippen molar-refractivity contribution in [2.45, 2.75) is 38.9 Å². The second-order valence-corrected chi connectivity index (χ2v) is 21.2. The van der Waals surface area contributed by atoms with Gasteiger partial charge >= 0.3 is 0 Å². The fourth-order valence-corrected chi connectivity index (χ4v) is 9.22. The fraction of sp³-hybridized carbons (Fsp3) is 0.118. The molecule has 0 unspecified atom stereocenters. The highest BCUT2D eigenvalue weighted by Gasteiger charge is 2.38. The highest BCUT2D eigenvalue weighted by molar-refractivity contribution is 6.88. The Hall–Kier alpha value is -6.23. The van der Waals surface area contributed by atoms with Gasteiger partial charge in [-0.05, 0) is 61.7 Å². The maximum atomic E-state index is 5.02. The highest BCUT2D eigenvalue weighted by Crippen LogP contribution is 2.52. The van der Waals surface area contributed by atoms with Gasteiger partial charge in [0.05, 0.1) is 8.07 Å². The highest BCUT2D eigenvalue weighted by atomic mass is 28.3. The van der Waals surface area contributed by atoms with Gasteiger partial charge < -0.3 is 0 Å². The Bertz CT molecular complexity index is 2680. The van der Waals surface area contributed by atoms with Gasteiger partial charge in [-0.2, -0.15) is 0 Å². The summed E-state index contributed by atoms with van der Waals surface area (Å²) in [6.45, 7) is 12.1. The number of aromatic nitrogens is 3. The Kier molecular flexibility index (Phi) is 8.51. The van der Waals surface area contributed by atoms with Crippen molar-refractivity contribution >= 4 is 13.3 Å². The summed E-state index contributed by atoms with van der Waals surface area (Å²) in [5.41, 5.74) is 15.5. The molecule has 0 bridgehead atoms. The normalized spacial score (nSPS) is 13.0. The molecule has 1 heterocycles. The lowest BCUT2D eigenvalue weighted by atomic mass is 9.78. The molecule has 55 heavy (non-hydrogen) atoms. The second kappa shape index (κ2) is 13.6. The quantitative estimate of drug-likeness (QED) is 0.154. The van der Waals surface area contributed by atoms with Gasteiger partial charge in [-0.15, -0.1) is 0 Å². The van der Waals surface area contributed by atoms with Gasteiger partial charge in [-0.3, -0.25) is 0 Å². The zero-order valence-electron chi connectivity index (χ0n) is 32.0. The van der Waals surface area contributed by atoms with Gasteiger partial charge in [0.1, 0.15) is 0 Å². The summed E-state index contributed by atoms with van der Waals surface area (Å²) < 4.78 is 0. The van der Waals surface area contributed by atoms with Gasteiger partial charge in [0, 0.05) is 22.1 Å². The lowest BCUT2D eigenvalue weighted by Crippen LogP contribution is -2.38. The zero-order valence-corrected chi connectivity index (χ0v) is 33.0. The van der Waals surface area contributed by atoms with Gasteiger partial charge in [-0.25, -0.2) is 15.0 Å². The summed E-state index contributed by atoms with van der Waals surface area (Å²) in [4.78, 5) is 15.0. The third-order valence-corrected chi connectivity index (χ3v) is 13.1. The lowest BCUT2D eigenvalue weighted by molar-refractivity contribution is 0.662. The molecule has 0 radical (unpaired) electrons. The van der Waals surface area contributed by atoms with Crippen LogP contribution in [0.5, 0.6) is 0 Å². The van der Waals surface area contributed by atoms with Crippen LogP contribution < -0.4 is 5.19 Å². The van der Waals surface area contributed by atoms with E-state index in [-0.39, 0.29) is 5.41 Å². The molecule has 1 aromatic heterocycles. The molecule has 0 N–H and O–H groups in total. The molecule has 0 saturated carbocycles. The number of fused-ring (bicyclic) bond motifs is 3. The average Bonchev–Trinajstić information content (AvgIpc) is 3.46. The molecular formula is C51H43N3Si. The molecule has 1 aliphatic rings. The van der Waals surface area contributed by atoms with Crippen molar-refractivity contribution in [2.75, 3.05) is 0 Å². The number of rotatable bonds is 7. The monoisotopic (exact) mass is 725 g/mol. The number of nitrogens with zero attached hydrogens (tertiary/aromatic N) is 3. The van der Waals surface area contributed by atoms with Crippen LogP contribution in [0.3, 0.4) is 0 Å². The minimum Gasteiger partial charge on any atom is -0.208 e. The van der Waals surface area contributed by atoms with Crippen molar-refractivity contribution in [2.24, 2.45) is 0 Å². The van der Waals surface area contributed by atoms with E-state index in [0.29, 0.717) is 17.5 Å². The van der Waals surface area contributed by atoms with E-state index in [4.69, 9.17) is 15.0 Å². The van der Waals surface area contributed by atoms with Crippen LogP contribution in [0.2, 0.25) is 19.6 Å². The zero-order chi connectivity index (χ0) is 37.7. The molecule has 266 valence electrons. The molecular weight excluding hydrogens is 683 g/mol. The fourth-order valence-electron chi connectivity index (χ4n) is 8.06. The standard InChI is InChI=1S/C51H43N3Si/c1-51(2)46-33-42(55(3,4)5)30-31-44(46)45-21-13-20-43(47(45)51)41-19-12-18-40(32-41)36-24-28-39(29-25-36)50-53-48(37-16-10-7-11-17-37)52-49(54-50)38-26-22-35(23-27-38)34-14-8-6-9-15-34/h6-33H,1-5H3. The first-order valence-electron chi connectivity index (χ1n) is 19.1. The van der Waals surface area contributed by atoms with Gasteiger partial charge in [0.25, 0.3) is 0 Å². The maximum absolute atomic E-state index is 5.02. The molecule has 4 heteroatoms. The summed E-state index contributed by atoms with van der Waals surface area (Å²) in [5, 5.41) is 1.52. The summed E-state index contributed by atoms with van der Waals surface area (Å²) in [5.74, 6) is 1.95. The van der Waals surface area contributed by atoms with E-state index < -0.39 is 8.07 Å². The predicted molar refractivity (Wildman–Crippen MR) is 233 cm³/mol. The van der Waals surface area contributed by atoms with Crippen molar-refractivity contribution in [3.05, 3.63) is 181 Å². The predicted octanol–water partition coefficient (Wildman–Crippen LogP) is 12.7. The molecule has 9 rings (SSSR count). The SMILES string of the molecule is CC1(C)c2cc([Si](C)(C)C)ccc2-c2cccc(-c3cccc(-c4ccc(-c5nc(-c6ccccc6)nc(-c6ccc(-c7ccccc7)cc6)n5)cc4)c3)c21. The topological polar surface area (TPSA) is 38.7 Å². The maximum Gasteiger partial charge on any atom is 0.164 e. The Labute approximate surface area is 325 Å². The first kappa shape index (κ1) is 34.5. The van der Waals surface area contributed by atoms with Crippen LogP contribution in [-0.4, -0.2) is 23.0 Å². The molecule has 0 fully saturated rings. The summed E-state index contributed by atoms with van der Waals surface area (Å²) in [6, 6.07) is 60.7. The molecule has 1 aliphatic carbocycles. The van der Waals surface area contributed by atoms with E-state index in [1.54, 1.807) is 0 Å². The molecule has 0 aliphatic heterocycles. The first-order chi connectivity index (χ1) is 26.6.